The number of aromatic amines is 2. The Morgan fingerprint density at radius 3 is 2.50 bits per heavy atom. The van der Waals surface area contributed by atoms with Crippen LogP contribution in [0, 0.1) is 11.7 Å². The molecule has 0 saturated heterocycles. The van der Waals surface area contributed by atoms with Crippen LogP contribution < -0.4 is 16.0 Å². The first-order valence-corrected chi connectivity index (χ1v) is 14.3. The lowest BCUT2D eigenvalue weighted by Crippen LogP contribution is -2.30. The van der Waals surface area contributed by atoms with Crippen molar-refractivity contribution in [2.45, 2.75) is 36.6 Å². The van der Waals surface area contributed by atoms with Crippen LogP contribution in [0.1, 0.15) is 35.7 Å². The van der Waals surface area contributed by atoms with Crippen LogP contribution in [0.2, 0.25) is 0 Å². The van der Waals surface area contributed by atoms with Gasteiger partial charge in [-0.1, -0.05) is 30.3 Å². The standard InChI is InChI=1S/C28H25FN6O4S/c29-23-6-2-1-4-19(23)14-22(18-9-11-20(12-10-18)34-40(38,39)21-5-3-13-30-15-21)25-31-24-26(32-25)35(16-17-7-8-17)28(37)33-27(24)36/h1-6,9-13,15,17,22,34H,7-8,14,16H2,(H,31,32)(H,33,36,37). The zero-order chi connectivity index (χ0) is 27.9. The lowest BCUT2D eigenvalue weighted by Gasteiger charge is -2.17. The van der Waals surface area contributed by atoms with E-state index in [2.05, 4.69) is 24.7 Å². The van der Waals surface area contributed by atoms with E-state index in [0.717, 1.165) is 12.8 Å². The molecule has 204 valence electrons. The molecule has 6 rings (SSSR count). The number of sulfonamides is 1. The van der Waals surface area contributed by atoms with E-state index in [9.17, 15) is 22.4 Å². The smallest absolute Gasteiger partial charge is 0.330 e. The Bertz CT molecular complexity index is 1910. The van der Waals surface area contributed by atoms with Crippen LogP contribution in [-0.2, 0) is 23.0 Å². The molecule has 1 atom stereocenters. The van der Waals surface area contributed by atoms with Gasteiger partial charge in [-0.05, 0) is 66.6 Å². The quantitative estimate of drug-likeness (QED) is 0.252. The minimum Gasteiger partial charge on any atom is -0.336 e. The number of hydrogen-bond donors (Lipinski definition) is 3. The summed E-state index contributed by atoms with van der Waals surface area (Å²) in [7, 11) is -3.84. The molecule has 1 saturated carbocycles. The molecule has 1 fully saturated rings. The molecule has 5 aromatic rings. The summed E-state index contributed by atoms with van der Waals surface area (Å²) in [5.74, 6) is -0.156. The number of aromatic nitrogens is 5. The number of benzene rings is 2. The molecule has 12 heteroatoms. The summed E-state index contributed by atoms with van der Waals surface area (Å²) >= 11 is 0. The molecule has 3 aromatic heterocycles. The summed E-state index contributed by atoms with van der Waals surface area (Å²) in [6.07, 6.45) is 4.97. The maximum atomic E-state index is 14.7. The number of H-pyrrole nitrogens is 2. The molecule has 3 N–H and O–H groups in total. The van der Waals surface area contributed by atoms with Crippen LogP contribution in [0.15, 0.2) is 87.5 Å². The minimum atomic E-state index is -3.84. The van der Waals surface area contributed by atoms with Gasteiger partial charge in [0, 0.05) is 30.5 Å². The Kier molecular flexibility index (Phi) is 6.54. The number of rotatable bonds is 9. The summed E-state index contributed by atoms with van der Waals surface area (Å²) in [5.41, 5.74) is 0.827. The summed E-state index contributed by atoms with van der Waals surface area (Å²) in [4.78, 5) is 39.3. The van der Waals surface area contributed by atoms with Gasteiger partial charge in [-0.2, -0.15) is 0 Å². The Morgan fingerprint density at radius 1 is 1.02 bits per heavy atom. The number of halogens is 1. The van der Waals surface area contributed by atoms with Crippen LogP contribution in [0.4, 0.5) is 10.1 Å². The van der Waals surface area contributed by atoms with Crippen LogP contribution in [0.25, 0.3) is 11.2 Å². The number of imidazole rings is 1. The van der Waals surface area contributed by atoms with Gasteiger partial charge in [0.2, 0.25) is 0 Å². The van der Waals surface area contributed by atoms with Crippen molar-refractivity contribution in [1.29, 1.82) is 0 Å². The van der Waals surface area contributed by atoms with E-state index in [1.807, 2.05) is 0 Å². The van der Waals surface area contributed by atoms with E-state index in [1.54, 1.807) is 42.5 Å². The number of hydrogen-bond acceptors (Lipinski definition) is 6. The first kappa shape index (κ1) is 25.7. The second-order valence-electron chi connectivity index (χ2n) is 9.90. The van der Waals surface area contributed by atoms with Crippen molar-refractivity contribution in [3.63, 3.8) is 0 Å². The molecule has 1 unspecified atom stereocenters. The predicted molar refractivity (Wildman–Crippen MR) is 147 cm³/mol. The number of fused-ring (bicyclic) bond motifs is 1. The summed E-state index contributed by atoms with van der Waals surface area (Å²) in [6, 6.07) is 16.0. The molecule has 40 heavy (non-hydrogen) atoms. The van der Waals surface area contributed by atoms with Crippen molar-refractivity contribution in [3.8, 4) is 0 Å². The molecule has 0 aliphatic heterocycles. The summed E-state index contributed by atoms with van der Waals surface area (Å²) < 4.78 is 44.2. The monoisotopic (exact) mass is 560 g/mol. The third-order valence-electron chi connectivity index (χ3n) is 7.01. The number of nitrogens with one attached hydrogen (secondary N) is 3. The van der Waals surface area contributed by atoms with E-state index in [-0.39, 0.29) is 28.3 Å². The van der Waals surface area contributed by atoms with Crippen molar-refractivity contribution < 1.29 is 12.8 Å². The molecule has 10 nitrogen and oxygen atoms in total. The van der Waals surface area contributed by atoms with Crippen molar-refractivity contribution >= 4 is 26.9 Å². The Morgan fingerprint density at radius 2 is 1.80 bits per heavy atom. The van der Waals surface area contributed by atoms with Crippen molar-refractivity contribution in [1.82, 2.24) is 24.5 Å². The zero-order valence-electron chi connectivity index (χ0n) is 21.2. The molecule has 0 radical (unpaired) electrons. The highest BCUT2D eigenvalue weighted by atomic mass is 32.2. The van der Waals surface area contributed by atoms with Gasteiger partial charge in [0.1, 0.15) is 22.1 Å². The van der Waals surface area contributed by atoms with E-state index in [4.69, 9.17) is 0 Å². The van der Waals surface area contributed by atoms with Gasteiger partial charge in [0.25, 0.3) is 15.6 Å². The van der Waals surface area contributed by atoms with Crippen LogP contribution in [0.5, 0.6) is 0 Å². The van der Waals surface area contributed by atoms with Gasteiger partial charge < -0.3 is 4.98 Å². The average molecular weight is 561 g/mol. The SMILES string of the molecule is O=c1[nH]c(=O)n(CC2CC2)c2nc(C(Cc3ccccc3F)c3ccc(NS(=O)(=O)c4cccnc4)cc3)[nH]c12. The topological polar surface area (TPSA) is 143 Å². The highest BCUT2D eigenvalue weighted by molar-refractivity contribution is 7.92. The van der Waals surface area contributed by atoms with Gasteiger partial charge in [-0.3, -0.25) is 24.1 Å². The second-order valence-corrected chi connectivity index (χ2v) is 11.6. The highest BCUT2D eigenvalue weighted by Gasteiger charge is 2.27. The summed E-state index contributed by atoms with van der Waals surface area (Å²) in [6.45, 7) is 0.458. The second kappa shape index (κ2) is 10.2. The van der Waals surface area contributed by atoms with Crippen LogP contribution in [-0.4, -0.2) is 32.9 Å². The minimum absolute atomic E-state index is 0.0289. The van der Waals surface area contributed by atoms with Crippen molar-refractivity contribution in [2.75, 3.05) is 4.72 Å². The molecular formula is C28H25FN6O4S. The van der Waals surface area contributed by atoms with E-state index >= 15 is 0 Å². The fourth-order valence-electron chi connectivity index (χ4n) is 4.71. The Balaban J connectivity index is 1.39. The first-order chi connectivity index (χ1) is 19.3. The zero-order valence-corrected chi connectivity index (χ0v) is 22.0. The maximum Gasteiger partial charge on any atom is 0.330 e. The number of anilines is 1. The fraction of sp³-hybridized carbons (Fsp3) is 0.214. The number of nitrogens with zero attached hydrogens (tertiary/aromatic N) is 3. The van der Waals surface area contributed by atoms with Gasteiger partial charge in [-0.25, -0.2) is 22.6 Å². The number of pyridine rings is 1. The summed E-state index contributed by atoms with van der Waals surface area (Å²) in [5, 5.41) is 0. The van der Waals surface area contributed by atoms with Crippen molar-refractivity contribution in [2.24, 2.45) is 5.92 Å². The maximum absolute atomic E-state index is 14.7. The van der Waals surface area contributed by atoms with E-state index < -0.39 is 27.2 Å². The van der Waals surface area contributed by atoms with Gasteiger partial charge >= 0.3 is 5.69 Å². The Labute approximate surface area is 228 Å². The van der Waals surface area contributed by atoms with E-state index in [0.29, 0.717) is 35.1 Å². The fourth-order valence-corrected chi connectivity index (χ4v) is 5.73. The molecule has 1 aliphatic rings. The van der Waals surface area contributed by atoms with Crippen molar-refractivity contribution in [3.05, 3.63) is 117 Å². The Hall–Kier alpha value is -4.58. The molecule has 0 spiro atoms. The molecule has 2 aromatic carbocycles. The van der Waals surface area contributed by atoms with Gasteiger partial charge in [-0.15, -0.1) is 0 Å². The predicted octanol–water partition coefficient (Wildman–Crippen LogP) is 3.53. The van der Waals surface area contributed by atoms with Gasteiger partial charge in [0.15, 0.2) is 5.65 Å². The normalized spacial score (nSPS) is 14.3. The average Bonchev–Trinajstić information content (AvgIpc) is 3.66. The largest absolute Gasteiger partial charge is 0.336 e. The molecule has 1 aliphatic carbocycles. The molecule has 3 heterocycles. The molecule has 0 amide bonds. The lowest BCUT2D eigenvalue weighted by molar-refractivity contribution is 0.597. The van der Waals surface area contributed by atoms with E-state index in [1.165, 1.54) is 35.2 Å². The molecule has 0 bridgehead atoms. The van der Waals surface area contributed by atoms with Gasteiger partial charge in [0.05, 0.1) is 0 Å². The third-order valence-corrected chi connectivity index (χ3v) is 8.38. The highest BCUT2D eigenvalue weighted by Crippen LogP contribution is 2.32. The lowest BCUT2D eigenvalue weighted by atomic mass is 9.91. The molecular weight excluding hydrogens is 535 g/mol. The van der Waals surface area contributed by atoms with Crippen LogP contribution >= 0.6 is 0 Å². The third kappa shape index (κ3) is 5.17. The first-order valence-electron chi connectivity index (χ1n) is 12.8. The van der Waals surface area contributed by atoms with Crippen LogP contribution in [0.3, 0.4) is 0 Å².